The van der Waals surface area contributed by atoms with Crippen molar-refractivity contribution in [3.8, 4) is 45.3 Å². The van der Waals surface area contributed by atoms with E-state index in [1.165, 1.54) is 22.2 Å². The van der Waals surface area contributed by atoms with Gasteiger partial charge < -0.3 is 57.6 Å². The van der Waals surface area contributed by atoms with Crippen LogP contribution in [0.1, 0.15) is 112 Å². The molecule has 4 aliphatic rings. The van der Waals surface area contributed by atoms with Crippen molar-refractivity contribution in [1.29, 1.82) is 0 Å². The number of halogens is 1. The number of esters is 1. The molecule has 2 amide bonds. The van der Waals surface area contributed by atoms with Gasteiger partial charge in [0, 0.05) is 108 Å². The lowest BCUT2D eigenvalue weighted by atomic mass is 9.92. The van der Waals surface area contributed by atoms with Crippen LogP contribution in [-0.4, -0.2) is 109 Å². The van der Waals surface area contributed by atoms with Gasteiger partial charge in [0.15, 0.2) is 0 Å². The van der Waals surface area contributed by atoms with Gasteiger partial charge in [-0.3, -0.25) is 9.59 Å². The first-order valence-corrected chi connectivity index (χ1v) is 33.9. The fraction of sp³-hybridized carbons (Fsp3) is 0.232. The van der Waals surface area contributed by atoms with E-state index >= 15 is 9.59 Å². The number of aliphatic hydroxyl groups is 2. The molecule has 0 radical (unpaired) electrons. The largest absolute Gasteiger partial charge is 0.497 e. The molecule has 494 valence electrons. The number of nitrogens with zero attached hydrogens (tertiary/aromatic N) is 4. The topological polar surface area (TPSA) is 163 Å². The molecule has 2 aliphatic carbocycles. The number of ether oxygens (including phenoxy) is 6. The average Bonchev–Trinajstić information content (AvgIpc) is 1.54. The first kappa shape index (κ1) is 63.8. The van der Waals surface area contributed by atoms with Crippen molar-refractivity contribution < 1.29 is 53.0 Å². The molecule has 12 aromatic rings. The van der Waals surface area contributed by atoms with E-state index in [1.54, 1.807) is 41.6 Å². The Kier molecular flexibility index (Phi) is 17.3. The summed E-state index contributed by atoms with van der Waals surface area (Å²) in [7, 11) is 8.17. The normalized spacial score (nSPS) is 13.3. The number of benzene rings is 10. The van der Waals surface area contributed by atoms with Gasteiger partial charge in [-0.1, -0.05) is 113 Å². The van der Waals surface area contributed by atoms with Crippen LogP contribution in [0, 0.1) is 0 Å². The highest BCUT2D eigenvalue weighted by molar-refractivity contribution is 9.10. The van der Waals surface area contributed by atoms with E-state index in [9.17, 15) is 15.0 Å². The Labute approximate surface area is 576 Å². The van der Waals surface area contributed by atoms with E-state index in [-0.39, 0.29) is 37.7 Å². The Morgan fingerprint density at radius 2 is 0.867 bits per heavy atom. The van der Waals surface area contributed by atoms with Gasteiger partial charge in [-0.05, 0) is 165 Å². The molecule has 4 heterocycles. The number of aryl methyl sites for hydroxylation is 2. The zero-order valence-electron chi connectivity index (χ0n) is 55.2. The van der Waals surface area contributed by atoms with Crippen LogP contribution in [0.4, 0.5) is 0 Å². The molecule has 0 bridgehead atoms. The third-order valence-corrected chi connectivity index (χ3v) is 20.6. The SMILES string of the molecule is COCCOC(=O)c1ccc2c(c1)c1c3c(c4c(c1n2CCCO)Cc1ccccc1-4)C(=O)N(C(c1ccc(OC)cc1)c1ccc(OC)cc1)C3.COc1ccc(C(c2ccc(OC)cc2)N2Cc3c(c4c(c5c3c3cc(Br)ccc3n5CCCO)Cc3ccccc3-4)C2=O)cc1. The number of methoxy groups -OCH3 is 5. The van der Waals surface area contributed by atoms with Crippen LogP contribution in [0.5, 0.6) is 23.0 Å². The summed E-state index contributed by atoms with van der Waals surface area (Å²) in [5.74, 6) is 2.56. The van der Waals surface area contributed by atoms with E-state index in [2.05, 4.69) is 104 Å². The van der Waals surface area contributed by atoms with Crippen molar-refractivity contribution in [3.63, 3.8) is 0 Å². The molecule has 16 heteroatoms. The standard InChI is InChI=1S/C43H40N2O7.C39H33BrN2O4/c1-49-21-22-52-43(48)29-13-18-36-33(24-29)38-35-25-45(40(26-9-14-30(50-2)15-10-26)27-11-16-31(51-3)17-12-27)42(47)39(35)37-32-8-5-4-7-28(32)23-34(37)41(38)44(36)19-6-20-46;1-45-27-13-8-23(9-14-27)37(24-10-15-28(46-2)16-11-24)42-22-32-35-30-21-26(40)12-17-33(30)41(18-5-19-43)38(35)31-20-25-6-3-4-7-29(25)34(31)36(32)39(42)44/h4-5,7-18,24,40,46H,6,19-23,25H2,1-3H3;3-4,6-17,21,37,43H,5,18-20,22H2,1-2H3. The number of hydrogen-bond acceptors (Lipinski definition) is 11. The van der Waals surface area contributed by atoms with Crippen LogP contribution >= 0.6 is 15.9 Å². The zero-order valence-corrected chi connectivity index (χ0v) is 56.8. The van der Waals surface area contributed by atoms with Gasteiger partial charge in [0.1, 0.15) is 29.6 Å². The predicted octanol–water partition coefficient (Wildman–Crippen LogP) is 15.6. The highest BCUT2D eigenvalue weighted by Gasteiger charge is 2.44. The molecule has 0 fully saturated rings. The predicted molar refractivity (Wildman–Crippen MR) is 384 cm³/mol. The Morgan fingerprint density at radius 3 is 1.27 bits per heavy atom. The summed E-state index contributed by atoms with van der Waals surface area (Å²) in [6, 6.07) is 59.9. The van der Waals surface area contributed by atoms with Gasteiger partial charge in [0.25, 0.3) is 11.8 Å². The molecule has 0 atom stereocenters. The second-order valence-corrected chi connectivity index (χ2v) is 26.2. The third kappa shape index (κ3) is 10.8. The van der Waals surface area contributed by atoms with Crippen LogP contribution < -0.4 is 18.9 Å². The first-order chi connectivity index (χ1) is 48.0. The van der Waals surface area contributed by atoms with Crippen LogP contribution in [0.2, 0.25) is 0 Å². The van der Waals surface area contributed by atoms with Gasteiger partial charge in [0.05, 0.1) is 74.9 Å². The molecule has 0 saturated carbocycles. The van der Waals surface area contributed by atoms with Crippen molar-refractivity contribution in [1.82, 2.24) is 18.9 Å². The van der Waals surface area contributed by atoms with E-state index in [0.29, 0.717) is 63.2 Å². The maximum absolute atomic E-state index is 15.2. The number of carbonyl (C=O) groups is 3. The van der Waals surface area contributed by atoms with Gasteiger partial charge in [-0.15, -0.1) is 0 Å². The summed E-state index contributed by atoms with van der Waals surface area (Å²) < 4.78 is 38.2. The lowest BCUT2D eigenvalue weighted by Gasteiger charge is -2.29. The summed E-state index contributed by atoms with van der Waals surface area (Å²) in [6.07, 6.45) is 2.64. The maximum Gasteiger partial charge on any atom is 0.338 e. The number of amides is 2. The number of aromatic nitrogens is 2. The van der Waals surface area contributed by atoms with E-state index in [0.717, 1.165) is 139 Å². The lowest BCUT2D eigenvalue weighted by Crippen LogP contribution is -2.30. The molecule has 0 unspecified atom stereocenters. The summed E-state index contributed by atoms with van der Waals surface area (Å²) in [5.41, 5.74) is 21.0. The minimum Gasteiger partial charge on any atom is -0.497 e. The van der Waals surface area contributed by atoms with Gasteiger partial charge in [0.2, 0.25) is 0 Å². The fourth-order valence-electron chi connectivity index (χ4n) is 15.7. The van der Waals surface area contributed by atoms with E-state index < -0.39 is 12.0 Å². The molecule has 0 spiro atoms. The number of fused-ring (bicyclic) bond motifs is 20. The quantitative estimate of drug-likeness (QED) is 0.0551. The van der Waals surface area contributed by atoms with Crippen LogP contribution in [0.25, 0.3) is 65.9 Å². The van der Waals surface area contributed by atoms with Gasteiger partial charge in [-0.25, -0.2) is 4.79 Å². The van der Waals surface area contributed by atoms with Crippen molar-refractivity contribution >= 4 is 77.3 Å². The molecule has 0 saturated heterocycles. The van der Waals surface area contributed by atoms with Crippen molar-refractivity contribution in [2.45, 2.75) is 63.9 Å². The Bertz CT molecular complexity index is 5020. The molecule has 10 aromatic carbocycles. The molecule has 2 aliphatic heterocycles. The summed E-state index contributed by atoms with van der Waals surface area (Å²) >= 11 is 3.73. The summed E-state index contributed by atoms with van der Waals surface area (Å²) in [5, 5.41) is 23.9. The Morgan fingerprint density at radius 1 is 0.469 bits per heavy atom. The Hall–Kier alpha value is -10.2. The fourth-order valence-corrected chi connectivity index (χ4v) is 16.1. The molecule has 2 aromatic heterocycles. The van der Waals surface area contributed by atoms with Gasteiger partial charge >= 0.3 is 5.97 Å². The number of aliphatic hydroxyl groups excluding tert-OH is 2. The van der Waals surface area contributed by atoms with Crippen LogP contribution in [0.15, 0.2) is 186 Å². The number of hydrogen-bond donors (Lipinski definition) is 2. The number of rotatable bonds is 20. The van der Waals surface area contributed by atoms with Crippen molar-refractivity contribution in [2.75, 3.05) is 62.0 Å². The summed E-state index contributed by atoms with van der Waals surface area (Å²) in [4.78, 5) is 47.5. The van der Waals surface area contributed by atoms with E-state index in [1.807, 2.05) is 107 Å². The highest BCUT2D eigenvalue weighted by atomic mass is 79.9. The molecule has 2 N–H and O–H groups in total. The van der Waals surface area contributed by atoms with Crippen LogP contribution in [-0.2, 0) is 48.5 Å². The maximum atomic E-state index is 15.2. The van der Waals surface area contributed by atoms with Crippen molar-refractivity contribution in [3.05, 3.63) is 259 Å². The molecule has 16 rings (SSSR count). The smallest absolute Gasteiger partial charge is 0.338 e. The minimum atomic E-state index is -0.433. The van der Waals surface area contributed by atoms with E-state index in [4.69, 9.17) is 28.4 Å². The van der Waals surface area contributed by atoms with Crippen LogP contribution in [0.3, 0.4) is 0 Å². The average molecular weight is 1370 g/mol. The van der Waals surface area contributed by atoms with Gasteiger partial charge in [-0.2, -0.15) is 0 Å². The highest BCUT2D eigenvalue weighted by Crippen LogP contribution is 2.54. The minimum absolute atomic E-state index is 0.0349. The monoisotopic (exact) mass is 1370 g/mol. The molecular weight excluding hydrogens is 1300 g/mol. The molecule has 15 nitrogen and oxygen atoms in total. The Balaban J connectivity index is 0.000000161. The number of carbonyl (C=O) groups excluding carboxylic acids is 3. The summed E-state index contributed by atoms with van der Waals surface area (Å²) in [6.45, 7) is 2.69. The second-order valence-electron chi connectivity index (χ2n) is 25.3. The first-order valence-electron chi connectivity index (χ1n) is 33.1. The third-order valence-electron chi connectivity index (χ3n) is 20.1. The second kappa shape index (κ2) is 26.6. The zero-order chi connectivity index (χ0) is 67.5. The van der Waals surface area contributed by atoms with Crippen molar-refractivity contribution in [2.24, 2.45) is 0 Å². The molecular formula is C82H73BrN4O11. The molecule has 98 heavy (non-hydrogen) atoms. The lowest BCUT2D eigenvalue weighted by molar-refractivity contribution is 0.0388.